The highest BCUT2D eigenvalue weighted by Gasteiger charge is 2.40. The van der Waals surface area contributed by atoms with E-state index in [9.17, 15) is 62.5 Å². The molecule has 1 aliphatic heterocycles. The van der Waals surface area contributed by atoms with Crippen molar-refractivity contribution in [1.82, 2.24) is 47.4 Å². The van der Waals surface area contributed by atoms with E-state index < -0.39 is 140 Å². The van der Waals surface area contributed by atoms with Crippen LogP contribution in [0.15, 0.2) is 121 Å². The lowest BCUT2D eigenvalue weighted by Gasteiger charge is -2.30. The monoisotopic (exact) mass is 1240 g/mol. The van der Waals surface area contributed by atoms with Crippen LogP contribution >= 0.6 is 19.1 Å². The summed E-state index contributed by atoms with van der Waals surface area (Å²) in [4.78, 5) is 149. The van der Waals surface area contributed by atoms with E-state index in [-0.39, 0.29) is 51.0 Å². The number of nitrogens with two attached hydrogens (primary N) is 1. The van der Waals surface area contributed by atoms with Gasteiger partial charge in [-0.1, -0.05) is 135 Å². The third-order valence-electron chi connectivity index (χ3n) is 14.6. The number of carboxylic acid groups (broad SMARTS) is 1. The molecule has 0 bridgehead atoms. The molecule has 0 aliphatic carbocycles. The van der Waals surface area contributed by atoms with Crippen molar-refractivity contribution in [2.24, 2.45) is 11.7 Å². The largest absolute Gasteiger partial charge is 0.480 e. The van der Waals surface area contributed by atoms with Crippen LogP contribution in [0.2, 0.25) is 0 Å². The van der Waals surface area contributed by atoms with Crippen LogP contribution in [0.25, 0.3) is 0 Å². The van der Waals surface area contributed by atoms with Crippen LogP contribution in [0.5, 0.6) is 0 Å². The SMILES string of the molecule is CSCC[C@H](NC(=O)[C@@H](N)CC(C)C)C(=O)N[C@@H](Cc1ccccc1)C(=O)NC(C)P(=O)(O)CCC(=O)N[C@@H](Cc1ccccc1)C(=O)N[C@@H](C)C(=O)N1CCC[C@H]1C(=O)N[C@@H](Cc1ccccc1)C(=O)N[C@@H](Cc1ccccc1)C(=O)NCC(=O)O. The minimum atomic E-state index is -4.40. The molecule has 87 heavy (non-hydrogen) atoms. The number of thioether (sulfide) groups is 1. The fourth-order valence-electron chi connectivity index (χ4n) is 9.79. The molecule has 25 heteroatoms. The number of rotatable bonds is 34. The Morgan fingerprint density at radius 2 is 1.01 bits per heavy atom. The molecule has 10 atom stereocenters. The van der Waals surface area contributed by atoms with Crippen molar-refractivity contribution in [3.05, 3.63) is 144 Å². The van der Waals surface area contributed by atoms with Gasteiger partial charge in [0.1, 0.15) is 54.6 Å². The van der Waals surface area contributed by atoms with Crippen molar-refractivity contribution < 1.29 is 62.5 Å². The van der Waals surface area contributed by atoms with Gasteiger partial charge < -0.3 is 63.2 Å². The average Bonchev–Trinajstić information content (AvgIpc) is 2.47. The number of hydrogen-bond acceptors (Lipinski definition) is 13. The molecule has 1 aliphatic rings. The third-order valence-corrected chi connectivity index (χ3v) is 17.4. The smallest absolute Gasteiger partial charge is 0.322 e. The van der Waals surface area contributed by atoms with Gasteiger partial charge >= 0.3 is 5.97 Å². The molecule has 1 saturated heterocycles. The van der Waals surface area contributed by atoms with Gasteiger partial charge in [0.15, 0.2) is 0 Å². The number of nitrogens with one attached hydrogen (secondary N) is 8. The number of carbonyl (C=O) groups excluding carboxylic acids is 9. The fourth-order valence-corrected chi connectivity index (χ4v) is 11.5. The maximum absolute atomic E-state index is 14.3. The van der Waals surface area contributed by atoms with E-state index in [4.69, 9.17) is 5.73 Å². The number of aliphatic carboxylic acids is 1. The van der Waals surface area contributed by atoms with E-state index in [1.165, 1.54) is 30.5 Å². The molecule has 12 N–H and O–H groups in total. The van der Waals surface area contributed by atoms with Crippen molar-refractivity contribution >= 4 is 78.3 Å². The highest BCUT2D eigenvalue weighted by molar-refractivity contribution is 7.98. The summed E-state index contributed by atoms with van der Waals surface area (Å²) in [5, 5.41) is 30.4. The highest BCUT2D eigenvalue weighted by Crippen LogP contribution is 2.45. The molecule has 1 fully saturated rings. The second-order valence-corrected chi connectivity index (χ2v) is 25.8. The summed E-state index contributed by atoms with van der Waals surface area (Å²) >= 11 is 1.46. The third kappa shape index (κ3) is 23.4. The Bertz CT molecular complexity index is 3010. The molecular formula is C62H83N10O13PS. The lowest BCUT2D eigenvalue weighted by atomic mass is 10.0. The zero-order valence-corrected chi connectivity index (χ0v) is 51.5. The highest BCUT2D eigenvalue weighted by atomic mass is 32.2. The minimum Gasteiger partial charge on any atom is -0.480 e. The first-order valence-electron chi connectivity index (χ1n) is 29.1. The molecule has 2 unspecified atom stereocenters. The van der Waals surface area contributed by atoms with E-state index in [1.807, 2.05) is 20.1 Å². The molecule has 1 heterocycles. The first kappa shape index (κ1) is 69.8. The summed E-state index contributed by atoms with van der Waals surface area (Å²) in [6.07, 6.45) is 1.76. The van der Waals surface area contributed by atoms with Crippen molar-refractivity contribution in [2.45, 2.75) is 140 Å². The summed E-state index contributed by atoms with van der Waals surface area (Å²) in [6, 6.07) is 25.7. The molecule has 4 aromatic carbocycles. The topological polar surface area (TPSA) is 354 Å². The quantitative estimate of drug-likeness (QED) is 0.0299. The average molecular weight is 1240 g/mol. The van der Waals surface area contributed by atoms with Crippen LogP contribution in [0.4, 0.5) is 0 Å². The van der Waals surface area contributed by atoms with Crippen LogP contribution in [-0.4, -0.2) is 159 Å². The van der Waals surface area contributed by atoms with Gasteiger partial charge in [0.2, 0.25) is 60.5 Å². The maximum atomic E-state index is 14.3. The number of benzene rings is 4. The van der Waals surface area contributed by atoms with E-state index in [1.54, 1.807) is 121 Å². The first-order chi connectivity index (χ1) is 41.4. The van der Waals surface area contributed by atoms with Crippen LogP contribution in [0, 0.1) is 5.92 Å². The molecule has 5 rings (SSSR count). The van der Waals surface area contributed by atoms with E-state index >= 15 is 0 Å². The summed E-state index contributed by atoms with van der Waals surface area (Å²) in [6.45, 7) is 5.97. The van der Waals surface area contributed by atoms with Gasteiger partial charge in [-0.2, -0.15) is 11.8 Å². The Morgan fingerprint density at radius 1 is 0.586 bits per heavy atom. The Kier molecular flexibility index (Phi) is 28.1. The summed E-state index contributed by atoms with van der Waals surface area (Å²) in [7, 11) is -4.40. The zero-order valence-electron chi connectivity index (χ0n) is 49.8. The second kappa shape index (κ2) is 35.0. The summed E-state index contributed by atoms with van der Waals surface area (Å²) in [5.41, 5.74) is 8.75. The van der Waals surface area contributed by atoms with E-state index in [2.05, 4.69) is 42.5 Å². The number of carboxylic acids is 1. The van der Waals surface area contributed by atoms with Gasteiger partial charge in [-0.25, -0.2) is 0 Å². The van der Waals surface area contributed by atoms with Crippen molar-refractivity contribution in [3.63, 3.8) is 0 Å². The number of carbonyl (C=O) groups is 10. The van der Waals surface area contributed by atoms with Crippen molar-refractivity contribution in [2.75, 3.05) is 31.3 Å². The maximum Gasteiger partial charge on any atom is 0.322 e. The Morgan fingerprint density at radius 3 is 1.48 bits per heavy atom. The number of nitrogens with zero attached hydrogens (tertiary/aromatic N) is 1. The second-order valence-electron chi connectivity index (χ2n) is 22.1. The predicted molar refractivity (Wildman–Crippen MR) is 331 cm³/mol. The van der Waals surface area contributed by atoms with E-state index in [0.29, 0.717) is 40.8 Å². The van der Waals surface area contributed by atoms with Crippen molar-refractivity contribution in [3.8, 4) is 0 Å². The van der Waals surface area contributed by atoms with Crippen molar-refractivity contribution in [1.29, 1.82) is 0 Å². The normalized spacial score (nSPS) is 16.4. The van der Waals surface area contributed by atoms with Gasteiger partial charge in [-0.05, 0) is 79.7 Å². The molecule has 0 spiro atoms. The lowest BCUT2D eigenvalue weighted by Crippen LogP contribution is -2.59. The summed E-state index contributed by atoms with van der Waals surface area (Å²) in [5.74, 6) is -8.45. The van der Waals surface area contributed by atoms with E-state index in [0.717, 1.165) is 0 Å². The van der Waals surface area contributed by atoms with Gasteiger partial charge in [0, 0.05) is 44.8 Å². The Labute approximate surface area is 512 Å². The zero-order chi connectivity index (χ0) is 63.6. The molecule has 23 nitrogen and oxygen atoms in total. The van der Waals surface area contributed by atoms with Gasteiger partial charge in [-0.15, -0.1) is 0 Å². The fraction of sp³-hybridized carbons (Fsp3) is 0.452. The van der Waals surface area contributed by atoms with Crippen LogP contribution in [0.1, 0.15) is 82.1 Å². The molecule has 0 aromatic heterocycles. The first-order valence-corrected chi connectivity index (χ1v) is 32.4. The standard InChI is InChI=1S/C62H83N10O13PS/c1-39(2)33-46(63)55(76)68-47(29-32-87-5)57(78)70-50(36-44-23-14-8-15-24-44)59(80)66-41(4)86(84,85)31-28-53(73)67-49(35-43-21-12-7-13-22-43)58(79)65-40(3)62(83)72-30-18-27-52(72)61(82)71-51(37-45-25-16-9-17-26-45)60(81)69-48(56(77)64-38-54(74)75)34-42-19-10-6-11-20-42/h6-17,19-26,39-41,46-52H,18,27-38,63H2,1-5H3,(H,64,77)(H,65,79)(H,66,80)(H,67,73)(H,68,76)(H,69,81)(H,70,78)(H,71,82)(H,74,75)(H,84,85)/t40-,41?,46-,47-,48-,49-,50-,51-,52-/m0/s1. The van der Waals surface area contributed by atoms with Crippen LogP contribution in [0.3, 0.4) is 0 Å². The number of hydrogen-bond donors (Lipinski definition) is 11. The molecule has 0 radical (unpaired) electrons. The predicted octanol–water partition coefficient (Wildman–Crippen LogP) is 2.33. The molecule has 9 amide bonds. The molecule has 0 saturated carbocycles. The molecule has 4 aromatic rings. The lowest BCUT2D eigenvalue weighted by molar-refractivity contribution is -0.142. The number of amides is 9. The van der Waals surface area contributed by atoms with Gasteiger partial charge in [0.05, 0.1) is 6.04 Å². The summed E-state index contributed by atoms with van der Waals surface area (Å²) < 4.78 is 13.9. The van der Waals surface area contributed by atoms with Gasteiger partial charge in [0.25, 0.3) is 0 Å². The Hall–Kier alpha value is -7.92. The van der Waals surface area contributed by atoms with Gasteiger partial charge in [-0.3, -0.25) is 52.5 Å². The minimum absolute atomic E-state index is 0.00133. The Balaban J connectivity index is 1.24. The van der Waals surface area contributed by atoms with Crippen LogP contribution in [-0.2, 0) is 78.2 Å². The van der Waals surface area contributed by atoms with Crippen LogP contribution < -0.4 is 48.3 Å². The number of likely N-dealkylation sites (tertiary alicyclic amines) is 1. The molecule has 470 valence electrons. The molecular weight excluding hydrogens is 1160 g/mol.